The second-order valence-electron chi connectivity index (χ2n) is 12.3. The minimum absolute atomic E-state index is 0.186. The van der Waals surface area contributed by atoms with Crippen molar-refractivity contribution in [3.8, 4) is 5.75 Å². The Morgan fingerprint density at radius 3 is 1.98 bits per heavy atom. The summed E-state index contributed by atoms with van der Waals surface area (Å²) in [6, 6.07) is 6.97. The van der Waals surface area contributed by atoms with E-state index in [1.807, 2.05) is 0 Å². The summed E-state index contributed by atoms with van der Waals surface area (Å²) in [7, 11) is -25.0. The van der Waals surface area contributed by atoms with Crippen LogP contribution in [0, 0.1) is 6.08 Å². The van der Waals surface area contributed by atoms with E-state index < -0.39 is 138 Å². The molecule has 0 aliphatic carbocycles. The number of halogens is 1. The molecule has 0 fully saturated rings. The first-order valence-electron chi connectivity index (χ1n) is 16.7. The van der Waals surface area contributed by atoms with Crippen molar-refractivity contribution in [3.05, 3.63) is 72.7 Å². The molecule has 5 rings (SSSR count). The van der Waals surface area contributed by atoms with Crippen molar-refractivity contribution in [2.24, 2.45) is 10.2 Å². The minimum atomic E-state index is -5.39. The number of phenols is 1. The van der Waals surface area contributed by atoms with Gasteiger partial charge in [-0.05, 0) is 66.9 Å². The lowest BCUT2D eigenvalue weighted by Crippen LogP contribution is -2.23. The Balaban J connectivity index is 1.63. The summed E-state index contributed by atoms with van der Waals surface area (Å²) in [5, 5.41) is 22.8. The molecule has 0 saturated carbocycles. The van der Waals surface area contributed by atoms with Gasteiger partial charge in [0.2, 0.25) is 17.8 Å². The average molecular weight is 961 g/mol. The van der Waals surface area contributed by atoms with Gasteiger partial charge >= 0.3 is 6.08 Å². The van der Waals surface area contributed by atoms with Gasteiger partial charge in [0.05, 0.1) is 21.2 Å². The molecule has 330 valence electrons. The molecule has 0 unspecified atom stereocenters. The smallest absolute Gasteiger partial charge is 0.315 e. The first-order valence-corrected chi connectivity index (χ1v) is 24.0. The lowest BCUT2D eigenvalue weighted by molar-refractivity contribution is -0.115. The SMILES string of the molecule is C=CS(=O)(=O)c1ccc(S(=O)(=O)O)c(N(CC)c2nc(F)nc(Nc3ccc(/N=N/c4c(S(=O)(=O)O)cc5cc(S(=O)(=O)O)cc(NC(=O)CC)c5c4O)c(S(=O)(=O)O)c3)n2)c1. The summed E-state index contributed by atoms with van der Waals surface area (Å²) in [6.45, 7) is 5.70. The number of phenolic OH excluding ortho intramolecular Hbond substituents is 1. The van der Waals surface area contributed by atoms with Gasteiger partial charge in [-0.2, -0.15) is 53.0 Å². The molecule has 5 aromatic rings. The molecule has 24 nitrogen and oxygen atoms in total. The number of fused-ring (bicyclic) bond motifs is 1. The zero-order valence-electron chi connectivity index (χ0n) is 31.2. The van der Waals surface area contributed by atoms with Crippen LogP contribution in [0.5, 0.6) is 5.75 Å². The van der Waals surface area contributed by atoms with Crippen molar-refractivity contribution in [3.63, 3.8) is 0 Å². The third-order valence-electron chi connectivity index (χ3n) is 8.25. The van der Waals surface area contributed by atoms with E-state index >= 15 is 0 Å². The lowest BCUT2D eigenvalue weighted by Gasteiger charge is -2.23. The molecule has 0 saturated heterocycles. The maximum absolute atomic E-state index is 14.9. The van der Waals surface area contributed by atoms with E-state index in [-0.39, 0.29) is 18.7 Å². The number of hydrogen-bond acceptors (Lipinski definition) is 19. The molecular weight excluding hydrogens is 932 g/mol. The lowest BCUT2D eigenvalue weighted by atomic mass is 10.1. The summed E-state index contributed by atoms with van der Waals surface area (Å²) in [5.41, 5.74) is -3.22. The van der Waals surface area contributed by atoms with Crippen LogP contribution < -0.4 is 15.5 Å². The van der Waals surface area contributed by atoms with Crippen LogP contribution in [-0.2, 0) is 55.1 Å². The van der Waals surface area contributed by atoms with Crippen molar-refractivity contribution in [2.45, 2.75) is 44.7 Å². The monoisotopic (exact) mass is 960 g/mol. The Morgan fingerprint density at radius 2 is 1.42 bits per heavy atom. The number of aromatic nitrogens is 3. The fourth-order valence-corrected chi connectivity index (χ4v) is 8.74. The van der Waals surface area contributed by atoms with Gasteiger partial charge in [0.25, 0.3) is 40.5 Å². The quantitative estimate of drug-likeness (QED) is 0.0563. The van der Waals surface area contributed by atoms with Crippen LogP contribution >= 0.6 is 0 Å². The van der Waals surface area contributed by atoms with E-state index in [0.29, 0.717) is 29.7 Å². The molecule has 0 aliphatic heterocycles. The fraction of sp³-hybridized carbons (Fsp3) is 0.125. The minimum Gasteiger partial charge on any atom is -0.505 e. The Bertz CT molecular complexity index is 3320. The maximum Gasteiger partial charge on any atom is 0.315 e. The molecule has 0 bridgehead atoms. The van der Waals surface area contributed by atoms with E-state index in [1.54, 1.807) is 0 Å². The summed E-state index contributed by atoms with van der Waals surface area (Å²) in [5.74, 6) is -3.28. The Hall–Kier alpha value is -6.12. The van der Waals surface area contributed by atoms with Gasteiger partial charge in [0.15, 0.2) is 15.6 Å². The van der Waals surface area contributed by atoms with Crippen LogP contribution in [0.15, 0.2) is 101 Å². The summed E-state index contributed by atoms with van der Waals surface area (Å²) in [4.78, 5) is 19.6. The average Bonchev–Trinajstić information content (AvgIpc) is 3.16. The standard InChI is InChI=1S/C32H29FN8O16S5/c1-4-26(42)35-21-14-19(59(46,47)48)11-16-12-25(62(55,56)57)28(29(43)27(16)21)40-39-20-9-7-17(13-24(20)61(52,53)54)34-31-36-30(33)37-32(38-31)41(5-2)22-15-18(58(44,45)6-3)8-10-23(22)60(49,50)51/h6-15,43H,3-5H2,1-2H3,(H,35,42)(H,46,47,48)(H,49,50,51)(H,52,53,54)(H,55,56,57)(H,34,36,37,38)/b40-39+. The molecular formula is C32H29FN8O16S5. The summed E-state index contributed by atoms with van der Waals surface area (Å²) >= 11 is 0. The van der Waals surface area contributed by atoms with Gasteiger partial charge in [0.1, 0.15) is 26.1 Å². The number of nitrogens with zero attached hydrogens (tertiary/aromatic N) is 6. The van der Waals surface area contributed by atoms with Gasteiger partial charge in [-0.15, -0.1) is 10.2 Å². The molecule has 1 aromatic heterocycles. The van der Waals surface area contributed by atoms with E-state index in [4.69, 9.17) is 0 Å². The van der Waals surface area contributed by atoms with E-state index in [2.05, 4.69) is 42.4 Å². The molecule has 0 aliphatic rings. The predicted octanol–water partition coefficient (Wildman–Crippen LogP) is 4.44. The number of aromatic hydroxyl groups is 1. The highest BCUT2D eigenvalue weighted by Gasteiger charge is 2.28. The van der Waals surface area contributed by atoms with Crippen molar-refractivity contribution < 1.29 is 74.6 Å². The number of carbonyl (C=O) groups is 1. The molecule has 0 spiro atoms. The molecule has 62 heavy (non-hydrogen) atoms. The van der Waals surface area contributed by atoms with Crippen molar-refractivity contribution in [1.29, 1.82) is 0 Å². The predicted molar refractivity (Wildman–Crippen MR) is 214 cm³/mol. The normalized spacial score (nSPS) is 12.7. The zero-order valence-corrected chi connectivity index (χ0v) is 35.3. The third kappa shape index (κ3) is 10.1. The highest BCUT2D eigenvalue weighted by atomic mass is 32.2. The maximum atomic E-state index is 14.9. The van der Waals surface area contributed by atoms with E-state index in [1.165, 1.54) is 13.8 Å². The highest BCUT2D eigenvalue weighted by Crippen LogP contribution is 2.46. The Labute approximate surface area is 350 Å². The topological polar surface area (TPSA) is 380 Å². The number of azo groups is 1. The summed E-state index contributed by atoms with van der Waals surface area (Å²) < 4.78 is 178. The van der Waals surface area contributed by atoms with E-state index in [9.17, 15) is 74.6 Å². The molecule has 30 heteroatoms. The number of benzene rings is 4. The first kappa shape index (κ1) is 46.9. The van der Waals surface area contributed by atoms with Crippen molar-refractivity contribution in [2.75, 3.05) is 22.1 Å². The number of hydrogen-bond donors (Lipinski definition) is 7. The number of sulfone groups is 1. The second-order valence-corrected chi connectivity index (χ2v) is 19.8. The molecule has 1 heterocycles. The highest BCUT2D eigenvalue weighted by molar-refractivity contribution is 7.94. The van der Waals surface area contributed by atoms with Crippen LogP contribution in [0.1, 0.15) is 20.3 Å². The third-order valence-corrected chi connectivity index (χ3v) is 13.1. The first-order chi connectivity index (χ1) is 28.6. The number of anilines is 5. The Kier molecular flexibility index (Phi) is 12.9. The fourth-order valence-electron chi connectivity index (χ4n) is 5.49. The van der Waals surface area contributed by atoms with E-state index in [0.717, 1.165) is 35.2 Å². The van der Waals surface area contributed by atoms with Crippen LogP contribution in [-0.4, -0.2) is 92.8 Å². The largest absolute Gasteiger partial charge is 0.505 e. The molecule has 4 aromatic carbocycles. The number of carbonyl (C=O) groups excluding carboxylic acids is 1. The number of rotatable bonds is 15. The van der Waals surface area contributed by atoms with Crippen LogP contribution in [0.2, 0.25) is 0 Å². The van der Waals surface area contributed by atoms with Gasteiger partial charge in [-0.3, -0.25) is 23.0 Å². The van der Waals surface area contributed by atoms with Gasteiger partial charge in [-0.25, -0.2) is 8.42 Å². The van der Waals surface area contributed by atoms with Crippen LogP contribution in [0.3, 0.4) is 0 Å². The van der Waals surface area contributed by atoms with Gasteiger partial charge in [-0.1, -0.05) is 13.5 Å². The Morgan fingerprint density at radius 1 is 0.774 bits per heavy atom. The molecule has 7 N–H and O–H groups in total. The summed E-state index contributed by atoms with van der Waals surface area (Å²) in [6.07, 6.45) is -1.70. The van der Waals surface area contributed by atoms with Gasteiger partial charge in [0, 0.05) is 29.4 Å². The van der Waals surface area contributed by atoms with Crippen LogP contribution in [0.4, 0.5) is 44.7 Å². The van der Waals surface area contributed by atoms with Crippen molar-refractivity contribution >= 4 is 107 Å². The molecule has 1 amide bonds. The van der Waals surface area contributed by atoms with Crippen molar-refractivity contribution in [1.82, 2.24) is 15.0 Å². The van der Waals surface area contributed by atoms with Gasteiger partial charge < -0.3 is 20.6 Å². The van der Waals surface area contributed by atoms with Crippen LogP contribution in [0.25, 0.3) is 10.8 Å². The number of amides is 1. The molecule has 0 radical (unpaired) electrons. The zero-order chi connectivity index (χ0) is 46.3. The second kappa shape index (κ2) is 17.0. The number of nitrogens with one attached hydrogen (secondary N) is 2. The molecule has 0 atom stereocenters.